The lowest BCUT2D eigenvalue weighted by atomic mass is 9.95. The molecule has 0 aliphatic carbocycles. The third-order valence-corrected chi connectivity index (χ3v) is 7.04. The molecule has 0 spiro atoms. The predicted molar refractivity (Wildman–Crippen MR) is 141 cm³/mol. The summed E-state index contributed by atoms with van der Waals surface area (Å²) in [6.07, 6.45) is 0. The van der Waals surface area contributed by atoms with Crippen molar-refractivity contribution >= 4 is 29.3 Å². The number of carbonyl (C=O) groups is 1. The molecule has 3 aromatic carbocycles. The van der Waals surface area contributed by atoms with E-state index in [0.717, 1.165) is 11.3 Å². The van der Waals surface area contributed by atoms with Crippen molar-refractivity contribution in [1.82, 2.24) is 14.8 Å². The number of benzene rings is 3. The lowest BCUT2D eigenvalue weighted by Crippen LogP contribution is -2.31. The summed E-state index contributed by atoms with van der Waals surface area (Å²) in [5, 5.41) is 11.6. The van der Waals surface area contributed by atoms with Gasteiger partial charge in [0.2, 0.25) is 11.1 Å². The summed E-state index contributed by atoms with van der Waals surface area (Å²) < 4.78 is 15.5. The molecule has 0 saturated carbocycles. The standard InChI is InChI=1S/C28H26FN5OS/c1-17-9-10-21(18(2)15-17)16-36-28-32-27-30-19(3)24(26(35)31-23-7-5-4-6-8-23)25(34(27)33-28)20-11-13-22(29)14-12-20/h4-15,25H,16H2,1-3H3,(H,31,35)(H,30,32,33)/t25-/m1/s1. The van der Waals surface area contributed by atoms with Crippen LogP contribution in [0, 0.1) is 19.7 Å². The predicted octanol–water partition coefficient (Wildman–Crippen LogP) is 6.25. The van der Waals surface area contributed by atoms with Crippen LogP contribution in [0.15, 0.2) is 89.2 Å². The molecule has 182 valence electrons. The second-order valence-electron chi connectivity index (χ2n) is 8.82. The van der Waals surface area contributed by atoms with Crippen LogP contribution in [0.25, 0.3) is 0 Å². The van der Waals surface area contributed by atoms with Gasteiger partial charge in [-0.2, -0.15) is 4.98 Å². The second-order valence-corrected chi connectivity index (χ2v) is 9.76. The first-order chi connectivity index (χ1) is 17.4. The Morgan fingerprint density at radius 3 is 2.53 bits per heavy atom. The van der Waals surface area contributed by atoms with Gasteiger partial charge in [-0.25, -0.2) is 9.07 Å². The number of aromatic nitrogens is 3. The van der Waals surface area contributed by atoms with Crippen LogP contribution in [0.2, 0.25) is 0 Å². The van der Waals surface area contributed by atoms with E-state index in [2.05, 4.69) is 42.7 Å². The normalized spacial score (nSPS) is 14.8. The van der Waals surface area contributed by atoms with Gasteiger partial charge in [0.05, 0.1) is 5.57 Å². The van der Waals surface area contributed by atoms with Crippen LogP contribution >= 0.6 is 11.8 Å². The molecule has 8 heteroatoms. The topological polar surface area (TPSA) is 71.8 Å². The maximum Gasteiger partial charge on any atom is 0.255 e. The van der Waals surface area contributed by atoms with Gasteiger partial charge in [0.25, 0.3) is 5.91 Å². The molecule has 0 fully saturated rings. The van der Waals surface area contributed by atoms with Crippen LogP contribution in [-0.2, 0) is 10.5 Å². The number of halogens is 1. The Morgan fingerprint density at radius 2 is 1.81 bits per heavy atom. The molecule has 6 nitrogen and oxygen atoms in total. The Balaban J connectivity index is 1.48. The Kier molecular flexibility index (Phi) is 6.61. The lowest BCUT2D eigenvalue weighted by molar-refractivity contribution is -0.113. The van der Waals surface area contributed by atoms with Crippen LogP contribution in [0.3, 0.4) is 0 Å². The lowest BCUT2D eigenvalue weighted by Gasteiger charge is -2.28. The zero-order valence-electron chi connectivity index (χ0n) is 20.2. The van der Waals surface area contributed by atoms with Crippen molar-refractivity contribution in [3.8, 4) is 0 Å². The van der Waals surface area contributed by atoms with Crippen molar-refractivity contribution in [2.45, 2.75) is 37.7 Å². The first-order valence-corrected chi connectivity index (χ1v) is 12.6. The van der Waals surface area contributed by atoms with Gasteiger partial charge in [0.15, 0.2) is 0 Å². The molecule has 2 heterocycles. The Bertz CT molecular complexity index is 1450. The summed E-state index contributed by atoms with van der Waals surface area (Å²) in [7, 11) is 0. The molecule has 4 aromatic rings. The van der Waals surface area contributed by atoms with Gasteiger partial charge >= 0.3 is 0 Å². The van der Waals surface area contributed by atoms with Gasteiger partial charge in [-0.1, -0.05) is 65.9 Å². The zero-order valence-corrected chi connectivity index (χ0v) is 21.1. The van der Waals surface area contributed by atoms with Crippen LogP contribution < -0.4 is 10.6 Å². The minimum atomic E-state index is -0.562. The number of hydrogen-bond donors (Lipinski definition) is 2. The monoisotopic (exact) mass is 499 g/mol. The minimum Gasteiger partial charge on any atom is -0.328 e. The molecule has 1 aromatic heterocycles. The molecule has 1 aliphatic rings. The molecule has 0 saturated heterocycles. The van der Waals surface area contributed by atoms with Crippen LogP contribution in [0.4, 0.5) is 16.0 Å². The highest BCUT2D eigenvalue weighted by atomic mass is 32.2. The summed E-state index contributed by atoms with van der Waals surface area (Å²) in [6.45, 7) is 6.03. The van der Waals surface area contributed by atoms with E-state index in [1.807, 2.05) is 37.3 Å². The third kappa shape index (κ3) is 4.90. The van der Waals surface area contributed by atoms with Crippen molar-refractivity contribution in [2.24, 2.45) is 0 Å². The van der Waals surface area contributed by atoms with Crippen molar-refractivity contribution in [3.63, 3.8) is 0 Å². The number of hydrogen-bond acceptors (Lipinski definition) is 5. The van der Waals surface area contributed by atoms with E-state index in [-0.39, 0.29) is 11.7 Å². The summed E-state index contributed by atoms with van der Waals surface area (Å²) in [4.78, 5) is 18.2. The van der Waals surface area contributed by atoms with E-state index in [1.54, 1.807) is 16.8 Å². The van der Waals surface area contributed by atoms with E-state index in [9.17, 15) is 9.18 Å². The maximum atomic E-state index is 13.8. The number of amides is 1. The number of nitrogens with zero attached hydrogens (tertiary/aromatic N) is 3. The van der Waals surface area contributed by atoms with E-state index in [4.69, 9.17) is 10.1 Å². The fourth-order valence-electron chi connectivity index (χ4n) is 4.31. The number of para-hydroxylation sites is 1. The van der Waals surface area contributed by atoms with Gasteiger partial charge in [-0.15, -0.1) is 5.10 Å². The highest BCUT2D eigenvalue weighted by Crippen LogP contribution is 2.37. The first kappa shape index (κ1) is 23.8. The molecular weight excluding hydrogens is 473 g/mol. The molecule has 1 amide bonds. The number of anilines is 2. The molecule has 0 radical (unpaired) electrons. The molecule has 2 N–H and O–H groups in total. The maximum absolute atomic E-state index is 13.8. The number of rotatable bonds is 6. The van der Waals surface area contributed by atoms with Gasteiger partial charge in [-0.05, 0) is 61.7 Å². The van der Waals surface area contributed by atoms with Crippen molar-refractivity contribution < 1.29 is 9.18 Å². The summed E-state index contributed by atoms with van der Waals surface area (Å²) in [5.74, 6) is 0.671. The molecule has 1 aliphatic heterocycles. The quantitative estimate of drug-likeness (QED) is 0.307. The molecule has 1 atom stereocenters. The second kappa shape index (κ2) is 9.99. The molecule has 0 bridgehead atoms. The Labute approximate surface area is 213 Å². The molecule has 5 rings (SSSR count). The number of allylic oxidation sites excluding steroid dienone is 1. The zero-order chi connectivity index (χ0) is 25.2. The summed E-state index contributed by atoms with van der Waals surface area (Å²) in [5.41, 5.74) is 6.27. The molecule has 36 heavy (non-hydrogen) atoms. The van der Waals surface area contributed by atoms with Crippen molar-refractivity contribution in [3.05, 3.63) is 112 Å². The summed E-state index contributed by atoms with van der Waals surface area (Å²) in [6, 6.07) is 21.3. The smallest absolute Gasteiger partial charge is 0.255 e. The van der Waals surface area contributed by atoms with E-state index >= 15 is 0 Å². The Hall–Kier alpha value is -3.91. The van der Waals surface area contributed by atoms with Gasteiger partial charge < -0.3 is 10.6 Å². The van der Waals surface area contributed by atoms with Gasteiger partial charge in [-0.3, -0.25) is 4.79 Å². The highest BCUT2D eigenvalue weighted by molar-refractivity contribution is 7.98. The van der Waals surface area contributed by atoms with Crippen LogP contribution in [0.5, 0.6) is 0 Å². The molecular formula is C28H26FN5OS. The van der Waals surface area contributed by atoms with E-state index in [1.165, 1.54) is 40.6 Å². The molecule has 0 unspecified atom stereocenters. The number of nitrogens with one attached hydrogen (secondary N) is 2. The fraction of sp³-hybridized carbons (Fsp3) is 0.179. The fourth-order valence-corrected chi connectivity index (χ4v) is 5.22. The number of carbonyl (C=O) groups excluding carboxylic acids is 1. The first-order valence-electron chi connectivity index (χ1n) is 11.6. The van der Waals surface area contributed by atoms with E-state index < -0.39 is 6.04 Å². The average Bonchev–Trinajstić information content (AvgIpc) is 3.26. The van der Waals surface area contributed by atoms with Crippen molar-refractivity contribution in [1.29, 1.82) is 0 Å². The largest absolute Gasteiger partial charge is 0.328 e. The number of aryl methyl sites for hydroxylation is 2. The van der Waals surface area contributed by atoms with Gasteiger partial charge in [0.1, 0.15) is 11.9 Å². The number of thioether (sulfide) groups is 1. The Morgan fingerprint density at radius 1 is 1.06 bits per heavy atom. The number of fused-ring (bicyclic) bond motifs is 1. The van der Waals surface area contributed by atoms with Crippen LogP contribution in [0.1, 0.15) is 35.2 Å². The van der Waals surface area contributed by atoms with Crippen LogP contribution in [-0.4, -0.2) is 20.7 Å². The van der Waals surface area contributed by atoms with E-state index in [0.29, 0.717) is 28.1 Å². The third-order valence-electron chi connectivity index (χ3n) is 6.15. The average molecular weight is 500 g/mol. The minimum absolute atomic E-state index is 0.258. The highest BCUT2D eigenvalue weighted by Gasteiger charge is 2.34. The SMILES string of the molecule is CC1=C(C(=O)Nc2ccccc2)[C@@H](c2ccc(F)cc2)n2nc(SCc3ccc(C)cc3C)nc2N1. The van der Waals surface area contributed by atoms with Gasteiger partial charge in [0, 0.05) is 17.1 Å². The summed E-state index contributed by atoms with van der Waals surface area (Å²) >= 11 is 1.54. The van der Waals surface area contributed by atoms with Crippen molar-refractivity contribution in [2.75, 3.05) is 10.6 Å².